The van der Waals surface area contributed by atoms with Gasteiger partial charge in [-0.05, 0) is 43.5 Å². The Hall–Kier alpha value is -1.66. The molecule has 1 aliphatic heterocycles. The van der Waals surface area contributed by atoms with Crippen molar-refractivity contribution in [2.24, 2.45) is 0 Å². The number of rotatable bonds is 4. The monoisotopic (exact) mass is 332 g/mol. The van der Waals surface area contributed by atoms with Crippen LogP contribution in [-0.4, -0.2) is 22.4 Å². The van der Waals surface area contributed by atoms with Crippen LogP contribution in [0.1, 0.15) is 34.5 Å². The number of nitrogens with zero attached hydrogens (tertiary/aromatic N) is 1. The van der Waals surface area contributed by atoms with Crippen LogP contribution in [0.15, 0.2) is 27.9 Å². The first kappa shape index (κ1) is 15.2. The van der Waals surface area contributed by atoms with Gasteiger partial charge in [-0.15, -0.1) is 11.3 Å². The number of thiazole rings is 1. The van der Waals surface area contributed by atoms with E-state index in [0.717, 1.165) is 34.1 Å². The highest BCUT2D eigenvalue weighted by atomic mass is 32.2. The molecule has 1 aromatic carbocycles. The van der Waals surface area contributed by atoms with Crippen LogP contribution in [-0.2, 0) is 11.2 Å². The Morgan fingerprint density at radius 3 is 3.05 bits per heavy atom. The molecule has 0 spiro atoms. The lowest BCUT2D eigenvalue weighted by molar-refractivity contribution is -0.116. The lowest BCUT2D eigenvalue weighted by atomic mass is 10.0. The van der Waals surface area contributed by atoms with Crippen LogP contribution in [0.3, 0.4) is 0 Å². The van der Waals surface area contributed by atoms with Crippen LogP contribution < -0.4 is 5.32 Å². The fourth-order valence-corrected chi connectivity index (χ4v) is 4.10. The molecule has 1 N–H and O–H groups in total. The minimum absolute atomic E-state index is 0.0486. The van der Waals surface area contributed by atoms with Crippen LogP contribution in [0.25, 0.3) is 0 Å². The standard InChI is InChI=1S/C16H16N2O2S2/c1-10-8-21-16(17-10)22-9-14(19)12-5-6-13-11(7-12)3-2-4-15(20)18-13/h5-8H,2-4,9H2,1H3,(H,18,20). The van der Waals surface area contributed by atoms with Crippen molar-refractivity contribution in [1.82, 2.24) is 4.98 Å². The molecule has 0 atom stereocenters. The number of anilines is 1. The van der Waals surface area contributed by atoms with Gasteiger partial charge in [-0.3, -0.25) is 9.59 Å². The molecule has 3 rings (SSSR count). The molecule has 6 heteroatoms. The summed E-state index contributed by atoms with van der Waals surface area (Å²) in [5, 5.41) is 4.87. The molecule has 0 saturated carbocycles. The number of aryl methyl sites for hydroxylation is 2. The summed E-state index contributed by atoms with van der Waals surface area (Å²) in [7, 11) is 0. The number of nitrogens with one attached hydrogen (secondary N) is 1. The minimum atomic E-state index is 0.0486. The normalized spacial score (nSPS) is 14.1. The summed E-state index contributed by atoms with van der Waals surface area (Å²) in [4.78, 5) is 28.2. The average molecular weight is 332 g/mol. The number of benzene rings is 1. The smallest absolute Gasteiger partial charge is 0.224 e. The molecule has 0 fully saturated rings. The van der Waals surface area contributed by atoms with E-state index in [-0.39, 0.29) is 11.7 Å². The second-order valence-electron chi connectivity index (χ2n) is 5.24. The number of fused-ring (bicyclic) bond motifs is 1. The molecule has 1 aliphatic rings. The van der Waals surface area contributed by atoms with Crippen LogP contribution in [0.5, 0.6) is 0 Å². The summed E-state index contributed by atoms with van der Waals surface area (Å²) < 4.78 is 0.924. The number of amides is 1. The molecule has 22 heavy (non-hydrogen) atoms. The van der Waals surface area contributed by atoms with E-state index in [0.29, 0.717) is 17.7 Å². The lowest BCUT2D eigenvalue weighted by Gasteiger charge is -2.08. The molecule has 4 nitrogen and oxygen atoms in total. The molecule has 0 bridgehead atoms. The Bertz CT molecular complexity index is 725. The van der Waals surface area contributed by atoms with Crippen molar-refractivity contribution in [3.05, 3.63) is 40.4 Å². The van der Waals surface area contributed by atoms with Gasteiger partial charge < -0.3 is 5.32 Å². The molecule has 0 saturated heterocycles. The van der Waals surface area contributed by atoms with Crippen molar-refractivity contribution in [3.8, 4) is 0 Å². The van der Waals surface area contributed by atoms with Gasteiger partial charge in [0.05, 0.1) is 5.75 Å². The average Bonchev–Trinajstić information content (AvgIpc) is 2.82. The zero-order valence-electron chi connectivity index (χ0n) is 12.2. The second kappa shape index (κ2) is 6.62. The molecule has 114 valence electrons. The third kappa shape index (κ3) is 3.56. The first-order valence-corrected chi connectivity index (χ1v) is 8.99. The van der Waals surface area contributed by atoms with Crippen LogP contribution in [0.4, 0.5) is 5.69 Å². The van der Waals surface area contributed by atoms with Crippen molar-refractivity contribution < 1.29 is 9.59 Å². The topological polar surface area (TPSA) is 59.1 Å². The first-order valence-electron chi connectivity index (χ1n) is 7.13. The molecule has 2 heterocycles. The Morgan fingerprint density at radius 1 is 1.41 bits per heavy atom. The Kier molecular flexibility index (Phi) is 4.59. The third-order valence-electron chi connectivity index (χ3n) is 3.48. The van der Waals surface area contributed by atoms with Crippen molar-refractivity contribution >= 4 is 40.5 Å². The molecule has 0 radical (unpaired) electrons. The number of aromatic nitrogens is 1. The summed E-state index contributed by atoms with van der Waals surface area (Å²) in [6, 6.07) is 5.54. The van der Waals surface area contributed by atoms with Crippen LogP contribution in [0, 0.1) is 6.92 Å². The minimum Gasteiger partial charge on any atom is -0.326 e. The van der Waals surface area contributed by atoms with Crippen molar-refractivity contribution in [1.29, 1.82) is 0 Å². The van der Waals surface area contributed by atoms with Gasteiger partial charge in [0.15, 0.2) is 10.1 Å². The molecule has 2 aromatic rings. The summed E-state index contributed by atoms with van der Waals surface area (Å²) >= 11 is 3.04. The largest absolute Gasteiger partial charge is 0.326 e. The highest BCUT2D eigenvalue weighted by Crippen LogP contribution is 2.26. The fourth-order valence-electron chi connectivity index (χ4n) is 2.36. The van der Waals surface area contributed by atoms with Crippen molar-refractivity contribution in [2.45, 2.75) is 30.5 Å². The maximum atomic E-state index is 12.3. The summed E-state index contributed by atoms with van der Waals surface area (Å²) in [6.07, 6.45) is 2.19. The molecule has 1 amide bonds. The molecular formula is C16H16N2O2S2. The van der Waals surface area contributed by atoms with Crippen molar-refractivity contribution in [2.75, 3.05) is 11.1 Å². The number of hydrogen-bond donors (Lipinski definition) is 1. The number of hydrogen-bond acceptors (Lipinski definition) is 5. The van der Waals surface area contributed by atoms with Crippen molar-refractivity contribution in [3.63, 3.8) is 0 Å². The summed E-state index contributed by atoms with van der Waals surface area (Å²) in [5.41, 5.74) is 3.57. The number of Topliss-reactive ketones (excluding diaryl/α,β-unsaturated/α-hetero) is 1. The van der Waals surface area contributed by atoms with Gasteiger partial charge in [-0.25, -0.2) is 4.98 Å². The van der Waals surface area contributed by atoms with E-state index < -0.39 is 0 Å². The summed E-state index contributed by atoms with van der Waals surface area (Å²) in [5.74, 6) is 0.529. The van der Waals surface area contributed by atoms with Gasteiger partial charge in [0, 0.05) is 28.7 Å². The second-order valence-corrected chi connectivity index (χ2v) is 7.32. The van der Waals surface area contributed by atoms with Crippen LogP contribution in [0.2, 0.25) is 0 Å². The van der Waals surface area contributed by atoms with Gasteiger partial charge >= 0.3 is 0 Å². The van der Waals surface area contributed by atoms with Gasteiger partial charge in [-0.1, -0.05) is 11.8 Å². The highest BCUT2D eigenvalue weighted by Gasteiger charge is 2.15. The van der Waals surface area contributed by atoms with E-state index in [9.17, 15) is 9.59 Å². The predicted octanol–water partition coefficient (Wildman–Crippen LogP) is 3.70. The van der Waals surface area contributed by atoms with Crippen LogP contribution >= 0.6 is 23.1 Å². The van der Waals surface area contributed by atoms with E-state index in [4.69, 9.17) is 0 Å². The van der Waals surface area contributed by atoms with E-state index in [2.05, 4.69) is 10.3 Å². The number of ketones is 1. The number of thioether (sulfide) groups is 1. The maximum Gasteiger partial charge on any atom is 0.224 e. The Balaban J connectivity index is 1.70. The highest BCUT2D eigenvalue weighted by molar-refractivity contribution is 8.01. The van der Waals surface area contributed by atoms with Gasteiger partial charge in [-0.2, -0.15) is 0 Å². The SMILES string of the molecule is Cc1csc(SCC(=O)c2ccc3c(c2)CCCC(=O)N3)n1. The van der Waals surface area contributed by atoms with E-state index >= 15 is 0 Å². The lowest BCUT2D eigenvalue weighted by Crippen LogP contribution is -2.10. The van der Waals surface area contributed by atoms with Gasteiger partial charge in [0.2, 0.25) is 5.91 Å². The van der Waals surface area contributed by atoms with Gasteiger partial charge in [0.1, 0.15) is 0 Å². The summed E-state index contributed by atoms with van der Waals surface area (Å²) in [6.45, 7) is 1.95. The van der Waals surface area contributed by atoms with E-state index in [1.165, 1.54) is 11.8 Å². The van der Waals surface area contributed by atoms with E-state index in [1.54, 1.807) is 17.4 Å². The van der Waals surface area contributed by atoms with E-state index in [1.807, 2.05) is 24.4 Å². The number of carbonyl (C=O) groups excluding carboxylic acids is 2. The first-order chi connectivity index (χ1) is 10.6. The maximum absolute atomic E-state index is 12.3. The molecular weight excluding hydrogens is 316 g/mol. The Labute approximate surface area is 137 Å². The Morgan fingerprint density at radius 2 is 2.27 bits per heavy atom. The predicted molar refractivity (Wildman–Crippen MR) is 89.9 cm³/mol. The molecule has 0 aliphatic carbocycles. The third-order valence-corrected chi connectivity index (χ3v) is 5.61. The van der Waals surface area contributed by atoms with Gasteiger partial charge in [0.25, 0.3) is 0 Å². The molecule has 1 aromatic heterocycles. The zero-order valence-corrected chi connectivity index (χ0v) is 13.9. The quantitative estimate of drug-likeness (QED) is 0.685. The molecule has 0 unspecified atom stereocenters. The number of carbonyl (C=O) groups is 2. The zero-order chi connectivity index (χ0) is 15.5. The fraction of sp³-hybridized carbons (Fsp3) is 0.312.